The van der Waals surface area contributed by atoms with Crippen LogP contribution in [0.1, 0.15) is 0 Å². The van der Waals surface area contributed by atoms with E-state index in [1.54, 1.807) is 53.6 Å². The number of para-hydroxylation sites is 2. The highest BCUT2D eigenvalue weighted by Crippen LogP contribution is 2.31. The Kier molecular flexibility index (Phi) is 3.59. The smallest absolute Gasteiger partial charge is 0.269 e. The molecule has 120 valence electrons. The Hall–Kier alpha value is -3.35. The highest BCUT2D eigenvalue weighted by atomic mass is 16.6. The van der Waals surface area contributed by atoms with Crippen molar-refractivity contribution in [1.82, 2.24) is 14.8 Å². The topological polar surface area (TPSA) is 78.3 Å². The lowest BCUT2D eigenvalue weighted by atomic mass is 10.2. The number of nitrogens with one attached hydrogen (secondary N) is 1. The monoisotopic (exact) mass is 322 g/mol. The van der Waals surface area contributed by atoms with Crippen molar-refractivity contribution in [2.75, 3.05) is 11.9 Å². The second kappa shape index (κ2) is 6.04. The highest BCUT2D eigenvalue weighted by molar-refractivity contribution is 5.96. The summed E-state index contributed by atoms with van der Waals surface area (Å²) in [6, 6.07) is 12.6. The van der Waals surface area contributed by atoms with E-state index in [1.807, 2.05) is 12.1 Å². The number of anilines is 1. The Balaban J connectivity index is 1.54. The summed E-state index contributed by atoms with van der Waals surface area (Å²) in [5.74, 6) is 1.43. The third kappa shape index (κ3) is 2.67. The largest absolute Gasteiger partial charge is 0.485 e. The summed E-state index contributed by atoms with van der Waals surface area (Å²) < 4.78 is 12.9. The molecule has 7 heteroatoms. The van der Waals surface area contributed by atoms with Gasteiger partial charge in [-0.05, 0) is 30.3 Å². The van der Waals surface area contributed by atoms with Gasteiger partial charge in [-0.15, -0.1) is 0 Å². The van der Waals surface area contributed by atoms with Gasteiger partial charge in [0.1, 0.15) is 6.61 Å². The minimum Gasteiger partial charge on any atom is -0.485 e. The number of aromatic nitrogens is 3. The van der Waals surface area contributed by atoms with Crippen molar-refractivity contribution in [3.8, 4) is 17.3 Å². The van der Waals surface area contributed by atoms with E-state index in [1.165, 1.54) is 0 Å². The molecule has 1 atom stereocenters. The fraction of sp³-hybridized carbons (Fsp3) is 0.118. The van der Waals surface area contributed by atoms with Crippen molar-refractivity contribution >= 4 is 11.6 Å². The summed E-state index contributed by atoms with van der Waals surface area (Å²) in [5, 5.41) is 6.98. The molecule has 1 aliphatic rings. The molecule has 0 unspecified atom stereocenters. The quantitative estimate of drug-likeness (QED) is 0.798. The molecule has 7 nitrogen and oxygen atoms in total. The van der Waals surface area contributed by atoms with Crippen LogP contribution < -0.4 is 14.8 Å². The van der Waals surface area contributed by atoms with Crippen molar-refractivity contribution < 1.29 is 14.3 Å². The predicted octanol–water partition coefficient (Wildman–Crippen LogP) is 2.05. The minimum absolute atomic E-state index is 0.153. The van der Waals surface area contributed by atoms with Crippen molar-refractivity contribution in [2.45, 2.75) is 6.10 Å². The molecular formula is C17H14N4O3. The van der Waals surface area contributed by atoms with E-state index in [4.69, 9.17) is 9.47 Å². The first kappa shape index (κ1) is 14.3. The number of fused-ring (bicyclic) bond motifs is 1. The SMILES string of the molecule is O=C(Nc1cccnc1-n1cccn1)[C@@H]1COc2ccccc2O1. The van der Waals surface area contributed by atoms with Crippen molar-refractivity contribution in [3.05, 3.63) is 61.1 Å². The first-order chi connectivity index (χ1) is 11.8. The van der Waals surface area contributed by atoms with Gasteiger partial charge in [-0.2, -0.15) is 5.10 Å². The maximum atomic E-state index is 12.5. The van der Waals surface area contributed by atoms with E-state index >= 15 is 0 Å². The number of hydrogen-bond acceptors (Lipinski definition) is 5. The zero-order valence-electron chi connectivity index (χ0n) is 12.6. The molecule has 24 heavy (non-hydrogen) atoms. The number of pyridine rings is 1. The number of rotatable bonds is 3. The van der Waals surface area contributed by atoms with Gasteiger partial charge in [-0.1, -0.05) is 12.1 Å². The molecule has 0 saturated carbocycles. The molecule has 0 bridgehead atoms. The van der Waals surface area contributed by atoms with Crippen LogP contribution >= 0.6 is 0 Å². The molecule has 0 fully saturated rings. The third-order valence-corrected chi connectivity index (χ3v) is 3.57. The van der Waals surface area contributed by atoms with Gasteiger partial charge >= 0.3 is 0 Å². The molecular weight excluding hydrogens is 308 g/mol. The molecule has 1 aromatic carbocycles. The van der Waals surface area contributed by atoms with Crippen molar-refractivity contribution in [3.63, 3.8) is 0 Å². The van der Waals surface area contributed by atoms with E-state index < -0.39 is 6.10 Å². The van der Waals surface area contributed by atoms with E-state index in [9.17, 15) is 4.79 Å². The van der Waals surface area contributed by atoms with E-state index in [0.29, 0.717) is 23.0 Å². The van der Waals surface area contributed by atoms with Crippen LogP contribution in [0.3, 0.4) is 0 Å². The molecule has 3 aromatic rings. The summed E-state index contributed by atoms with van der Waals surface area (Å²) in [4.78, 5) is 16.8. The van der Waals surface area contributed by atoms with Crippen molar-refractivity contribution in [1.29, 1.82) is 0 Å². The molecule has 2 aromatic heterocycles. The summed E-state index contributed by atoms with van der Waals surface area (Å²) in [7, 11) is 0. The zero-order valence-corrected chi connectivity index (χ0v) is 12.6. The lowest BCUT2D eigenvalue weighted by Gasteiger charge is -2.25. The van der Waals surface area contributed by atoms with E-state index in [-0.39, 0.29) is 12.5 Å². The fourth-order valence-electron chi connectivity index (χ4n) is 2.43. The van der Waals surface area contributed by atoms with Gasteiger partial charge in [-0.3, -0.25) is 4.79 Å². The number of benzene rings is 1. The maximum Gasteiger partial charge on any atom is 0.269 e. The molecule has 0 saturated heterocycles. The molecule has 1 aliphatic heterocycles. The summed E-state index contributed by atoms with van der Waals surface area (Å²) in [6.07, 6.45) is 4.32. The molecule has 1 amide bonds. The zero-order chi connectivity index (χ0) is 16.4. The fourth-order valence-corrected chi connectivity index (χ4v) is 2.43. The van der Waals surface area contributed by atoms with Crippen LogP contribution in [0, 0.1) is 0 Å². The highest BCUT2D eigenvalue weighted by Gasteiger charge is 2.28. The van der Waals surface area contributed by atoms with Crippen LogP contribution in [0.2, 0.25) is 0 Å². The van der Waals surface area contributed by atoms with E-state index in [0.717, 1.165) is 0 Å². The molecule has 0 aliphatic carbocycles. The normalized spacial score (nSPS) is 15.8. The van der Waals surface area contributed by atoms with Crippen LogP contribution in [0.15, 0.2) is 61.1 Å². The van der Waals surface area contributed by atoms with Crippen LogP contribution in [0.4, 0.5) is 5.69 Å². The minimum atomic E-state index is -0.731. The Morgan fingerprint density at radius 3 is 2.83 bits per heavy atom. The third-order valence-electron chi connectivity index (χ3n) is 3.57. The second-order valence-electron chi connectivity index (χ2n) is 5.18. The molecule has 3 heterocycles. The van der Waals surface area contributed by atoms with Gasteiger partial charge in [0.05, 0.1) is 5.69 Å². The Bertz CT molecular complexity index is 864. The average Bonchev–Trinajstić information content (AvgIpc) is 3.16. The number of carbonyl (C=O) groups is 1. The van der Waals surface area contributed by atoms with Crippen LogP contribution in [-0.4, -0.2) is 33.4 Å². The van der Waals surface area contributed by atoms with Gasteiger partial charge in [0.15, 0.2) is 17.3 Å². The first-order valence-corrected chi connectivity index (χ1v) is 7.45. The first-order valence-electron chi connectivity index (χ1n) is 7.45. The molecule has 0 spiro atoms. The maximum absolute atomic E-state index is 12.5. The Morgan fingerprint density at radius 2 is 2.00 bits per heavy atom. The standard InChI is InChI=1S/C17H14N4O3/c22-17(15-11-23-13-6-1-2-7-14(13)24-15)20-12-5-3-8-18-16(12)21-10-4-9-19-21/h1-10,15H,11H2,(H,20,22)/t15-/m0/s1. The van der Waals surface area contributed by atoms with Gasteiger partial charge in [0, 0.05) is 18.6 Å². The number of amides is 1. The Morgan fingerprint density at radius 1 is 1.12 bits per heavy atom. The predicted molar refractivity (Wildman–Crippen MR) is 86.3 cm³/mol. The molecule has 1 N–H and O–H groups in total. The van der Waals surface area contributed by atoms with Crippen LogP contribution in [0.5, 0.6) is 11.5 Å². The van der Waals surface area contributed by atoms with Crippen LogP contribution in [0.25, 0.3) is 5.82 Å². The van der Waals surface area contributed by atoms with E-state index in [2.05, 4.69) is 15.4 Å². The van der Waals surface area contributed by atoms with Crippen LogP contribution in [-0.2, 0) is 4.79 Å². The number of hydrogen-bond donors (Lipinski definition) is 1. The van der Waals surface area contributed by atoms with Crippen molar-refractivity contribution in [2.24, 2.45) is 0 Å². The average molecular weight is 322 g/mol. The number of ether oxygens (including phenoxy) is 2. The number of nitrogens with zero attached hydrogens (tertiary/aromatic N) is 3. The van der Waals surface area contributed by atoms with Gasteiger partial charge in [0.2, 0.25) is 6.10 Å². The summed E-state index contributed by atoms with van der Waals surface area (Å²) in [6.45, 7) is 0.153. The van der Waals surface area contributed by atoms with Gasteiger partial charge in [0.25, 0.3) is 5.91 Å². The summed E-state index contributed by atoms with van der Waals surface area (Å²) in [5.41, 5.74) is 0.550. The molecule has 0 radical (unpaired) electrons. The second-order valence-corrected chi connectivity index (χ2v) is 5.18. The lowest BCUT2D eigenvalue weighted by Crippen LogP contribution is -2.40. The molecule has 4 rings (SSSR count). The summed E-state index contributed by atoms with van der Waals surface area (Å²) >= 11 is 0. The van der Waals surface area contributed by atoms with Gasteiger partial charge in [-0.25, -0.2) is 9.67 Å². The number of carbonyl (C=O) groups excluding carboxylic acids is 1. The Labute approximate surface area is 137 Å². The van der Waals surface area contributed by atoms with Gasteiger partial charge < -0.3 is 14.8 Å². The lowest BCUT2D eigenvalue weighted by molar-refractivity contribution is -0.125.